The van der Waals surface area contributed by atoms with E-state index in [9.17, 15) is 9.18 Å². The standard InChI is InChI=1S/C9H9FO2/c1-6(12)9-3-2-8(10)4-7(9)5-11/h2-6,12H,1H3. The molecule has 3 heteroatoms. The topological polar surface area (TPSA) is 37.3 Å². The van der Waals surface area contributed by atoms with E-state index in [4.69, 9.17) is 5.11 Å². The lowest BCUT2D eigenvalue weighted by molar-refractivity contribution is 0.111. The number of hydrogen-bond acceptors (Lipinski definition) is 2. The molecule has 0 aliphatic carbocycles. The molecule has 0 bridgehead atoms. The van der Waals surface area contributed by atoms with Crippen LogP contribution in [0.3, 0.4) is 0 Å². The zero-order valence-electron chi connectivity index (χ0n) is 6.62. The minimum atomic E-state index is -0.745. The number of aliphatic hydroxyl groups is 1. The van der Waals surface area contributed by atoms with E-state index in [0.717, 1.165) is 6.07 Å². The molecular formula is C9H9FO2. The van der Waals surface area contributed by atoms with E-state index in [0.29, 0.717) is 11.8 Å². The molecule has 0 saturated heterocycles. The van der Waals surface area contributed by atoms with Crippen LogP contribution in [0, 0.1) is 5.82 Å². The van der Waals surface area contributed by atoms with E-state index in [1.165, 1.54) is 19.1 Å². The van der Waals surface area contributed by atoms with Gasteiger partial charge in [0.2, 0.25) is 0 Å². The van der Waals surface area contributed by atoms with Crippen molar-refractivity contribution >= 4 is 6.29 Å². The SMILES string of the molecule is CC(O)c1ccc(F)cc1C=O. The number of halogens is 1. The predicted molar refractivity (Wildman–Crippen MR) is 42.4 cm³/mol. The lowest BCUT2D eigenvalue weighted by Gasteiger charge is -2.06. The van der Waals surface area contributed by atoms with E-state index in [1.807, 2.05) is 0 Å². The summed E-state index contributed by atoms with van der Waals surface area (Å²) in [6.45, 7) is 1.53. The Balaban J connectivity index is 3.20. The molecule has 1 unspecified atom stereocenters. The van der Waals surface area contributed by atoms with Gasteiger partial charge < -0.3 is 5.11 Å². The van der Waals surface area contributed by atoms with Gasteiger partial charge in [0.25, 0.3) is 0 Å². The molecule has 0 aliphatic rings. The zero-order valence-corrected chi connectivity index (χ0v) is 6.62. The monoisotopic (exact) mass is 168 g/mol. The first-order valence-electron chi connectivity index (χ1n) is 3.58. The third-order valence-electron chi connectivity index (χ3n) is 1.63. The molecule has 0 amide bonds. The summed E-state index contributed by atoms with van der Waals surface area (Å²) in [4.78, 5) is 10.4. The Hall–Kier alpha value is -1.22. The van der Waals surface area contributed by atoms with Gasteiger partial charge in [-0.1, -0.05) is 6.07 Å². The van der Waals surface area contributed by atoms with Gasteiger partial charge in [-0.05, 0) is 24.6 Å². The smallest absolute Gasteiger partial charge is 0.150 e. The predicted octanol–water partition coefficient (Wildman–Crippen LogP) is 1.69. The summed E-state index contributed by atoms with van der Waals surface area (Å²) < 4.78 is 12.6. The van der Waals surface area contributed by atoms with Crippen molar-refractivity contribution in [1.29, 1.82) is 0 Å². The Morgan fingerprint density at radius 1 is 1.58 bits per heavy atom. The Kier molecular flexibility index (Phi) is 2.55. The van der Waals surface area contributed by atoms with Crippen molar-refractivity contribution < 1.29 is 14.3 Å². The van der Waals surface area contributed by atoms with Crippen LogP contribution in [-0.2, 0) is 0 Å². The molecule has 0 aliphatic heterocycles. The molecule has 1 atom stereocenters. The molecular weight excluding hydrogens is 159 g/mol. The molecule has 2 nitrogen and oxygen atoms in total. The van der Waals surface area contributed by atoms with E-state index in [1.54, 1.807) is 0 Å². The minimum absolute atomic E-state index is 0.199. The minimum Gasteiger partial charge on any atom is -0.389 e. The molecule has 0 saturated carbocycles. The van der Waals surface area contributed by atoms with Crippen molar-refractivity contribution in [2.24, 2.45) is 0 Å². The second-order valence-corrected chi connectivity index (χ2v) is 2.57. The van der Waals surface area contributed by atoms with Crippen LogP contribution < -0.4 is 0 Å². The fourth-order valence-corrected chi connectivity index (χ4v) is 1.03. The van der Waals surface area contributed by atoms with Crippen molar-refractivity contribution in [3.05, 3.63) is 35.1 Å². The Morgan fingerprint density at radius 3 is 2.75 bits per heavy atom. The van der Waals surface area contributed by atoms with Crippen molar-refractivity contribution in [1.82, 2.24) is 0 Å². The van der Waals surface area contributed by atoms with Gasteiger partial charge in [0.1, 0.15) is 5.82 Å². The average molecular weight is 168 g/mol. The third kappa shape index (κ3) is 1.68. The third-order valence-corrected chi connectivity index (χ3v) is 1.63. The van der Waals surface area contributed by atoms with Crippen LogP contribution >= 0.6 is 0 Å². The van der Waals surface area contributed by atoms with Crippen LogP contribution in [0.4, 0.5) is 4.39 Å². The molecule has 1 rings (SSSR count). The first-order valence-corrected chi connectivity index (χ1v) is 3.58. The largest absolute Gasteiger partial charge is 0.389 e. The highest BCUT2D eigenvalue weighted by molar-refractivity contribution is 5.77. The van der Waals surface area contributed by atoms with E-state index >= 15 is 0 Å². The summed E-state index contributed by atoms with van der Waals surface area (Å²) in [5, 5.41) is 9.15. The Bertz CT molecular complexity index is 295. The highest BCUT2D eigenvalue weighted by Crippen LogP contribution is 2.16. The van der Waals surface area contributed by atoms with Gasteiger partial charge in [-0.25, -0.2) is 4.39 Å². The maximum atomic E-state index is 12.6. The second kappa shape index (κ2) is 3.45. The molecule has 0 aromatic heterocycles. The van der Waals surface area contributed by atoms with Crippen LogP contribution in [0.15, 0.2) is 18.2 Å². The molecule has 0 spiro atoms. The summed E-state index contributed by atoms with van der Waals surface area (Å²) in [7, 11) is 0. The van der Waals surface area contributed by atoms with Crippen LogP contribution in [0.25, 0.3) is 0 Å². The highest BCUT2D eigenvalue weighted by Gasteiger charge is 2.07. The summed E-state index contributed by atoms with van der Waals surface area (Å²) in [6, 6.07) is 3.73. The lowest BCUT2D eigenvalue weighted by Crippen LogP contribution is -1.97. The molecule has 0 fully saturated rings. The Labute approximate surface area is 69.6 Å². The summed E-state index contributed by atoms with van der Waals surface area (Å²) in [5.41, 5.74) is 0.649. The molecule has 64 valence electrons. The van der Waals surface area contributed by atoms with Crippen LogP contribution in [0.5, 0.6) is 0 Å². The van der Waals surface area contributed by atoms with Gasteiger partial charge >= 0.3 is 0 Å². The summed E-state index contributed by atoms with van der Waals surface area (Å²) in [5.74, 6) is -0.471. The molecule has 1 aromatic carbocycles. The Morgan fingerprint density at radius 2 is 2.25 bits per heavy atom. The fraction of sp³-hybridized carbons (Fsp3) is 0.222. The number of carbonyl (C=O) groups is 1. The van der Waals surface area contributed by atoms with Gasteiger partial charge in [0.05, 0.1) is 6.10 Å². The number of aldehydes is 1. The molecule has 0 heterocycles. The maximum absolute atomic E-state index is 12.6. The first kappa shape index (κ1) is 8.87. The normalized spacial score (nSPS) is 12.6. The number of aliphatic hydroxyl groups excluding tert-OH is 1. The highest BCUT2D eigenvalue weighted by atomic mass is 19.1. The van der Waals surface area contributed by atoms with E-state index in [2.05, 4.69) is 0 Å². The van der Waals surface area contributed by atoms with Gasteiger partial charge in [-0.2, -0.15) is 0 Å². The van der Waals surface area contributed by atoms with Gasteiger partial charge in [-0.15, -0.1) is 0 Å². The first-order chi connectivity index (χ1) is 5.65. The van der Waals surface area contributed by atoms with Crippen molar-refractivity contribution in [3.63, 3.8) is 0 Å². The van der Waals surface area contributed by atoms with E-state index < -0.39 is 11.9 Å². The number of hydrogen-bond donors (Lipinski definition) is 1. The second-order valence-electron chi connectivity index (χ2n) is 2.57. The molecule has 12 heavy (non-hydrogen) atoms. The number of benzene rings is 1. The summed E-state index contributed by atoms with van der Waals surface area (Å²) >= 11 is 0. The average Bonchev–Trinajstić information content (AvgIpc) is 2.03. The molecule has 1 N–H and O–H groups in total. The number of carbonyl (C=O) groups excluding carboxylic acids is 1. The maximum Gasteiger partial charge on any atom is 0.150 e. The van der Waals surface area contributed by atoms with Gasteiger partial charge in [-0.3, -0.25) is 4.79 Å². The molecule has 1 aromatic rings. The van der Waals surface area contributed by atoms with Crippen LogP contribution in [-0.4, -0.2) is 11.4 Å². The van der Waals surface area contributed by atoms with Crippen molar-refractivity contribution in [2.75, 3.05) is 0 Å². The van der Waals surface area contributed by atoms with Crippen LogP contribution in [0.2, 0.25) is 0 Å². The quantitative estimate of drug-likeness (QED) is 0.682. The number of rotatable bonds is 2. The van der Waals surface area contributed by atoms with Gasteiger partial charge in [0.15, 0.2) is 6.29 Å². The van der Waals surface area contributed by atoms with Gasteiger partial charge in [0, 0.05) is 5.56 Å². The summed E-state index contributed by atoms with van der Waals surface area (Å²) in [6.07, 6.45) is -0.212. The van der Waals surface area contributed by atoms with E-state index in [-0.39, 0.29) is 5.56 Å². The lowest BCUT2D eigenvalue weighted by atomic mass is 10.0. The molecule has 0 radical (unpaired) electrons. The van der Waals surface area contributed by atoms with Crippen molar-refractivity contribution in [3.8, 4) is 0 Å². The fourth-order valence-electron chi connectivity index (χ4n) is 1.03. The zero-order chi connectivity index (χ0) is 9.14. The van der Waals surface area contributed by atoms with Crippen LogP contribution in [0.1, 0.15) is 28.9 Å². The van der Waals surface area contributed by atoms with Crippen molar-refractivity contribution in [2.45, 2.75) is 13.0 Å².